The Kier molecular flexibility index (Phi) is 7.04. The van der Waals surface area contributed by atoms with Crippen molar-refractivity contribution >= 4 is 38.9 Å². The summed E-state index contributed by atoms with van der Waals surface area (Å²) in [5.74, 6) is 0.700. The van der Waals surface area contributed by atoms with E-state index in [1.165, 1.54) is 19.2 Å². The number of rotatable bonds is 8. The molecule has 0 aliphatic carbocycles. The molecule has 0 bridgehead atoms. The van der Waals surface area contributed by atoms with Gasteiger partial charge in [0, 0.05) is 16.4 Å². The summed E-state index contributed by atoms with van der Waals surface area (Å²) in [6.45, 7) is 1.60. The van der Waals surface area contributed by atoms with Crippen LogP contribution in [0.3, 0.4) is 0 Å². The normalized spacial score (nSPS) is 10.9. The Labute approximate surface area is 186 Å². The van der Waals surface area contributed by atoms with Crippen LogP contribution in [-0.2, 0) is 14.8 Å². The van der Waals surface area contributed by atoms with Gasteiger partial charge >= 0.3 is 0 Å². The van der Waals surface area contributed by atoms with E-state index in [0.29, 0.717) is 27.9 Å². The van der Waals surface area contributed by atoms with Crippen LogP contribution in [0.15, 0.2) is 71.6 Å². The summed E-state index contributed by atoms with van der Waals surface area (Å²) in [6, 6.07) is 17.5. The molecule has 0 aromatic heterocycles. The summed E-state index contributed by atoms with van der Waals surface area (Å²) in [7, 11) is -2.31. The Morgan fingerprint density at radius 3 is 2.35 bits per heavy atom. The van der Waals surface area contributed by atoms with Gasteiger partial charge in [-0.2, -0.15) is 0 Å². The van der Waals surface area contributed by atoms with Gasteiger partial charge in [-0.3, -0.25) is 9.52 Å². The molecule has 0 heterocycles. The molecule has 0 saturated carbocycles. The Balaban J connectivity index is 1.64. The van der Waals surface area contributed by atoms with Crippen LogP contribution in [0.2, 0.25) is 5.02 Å². The van der Waals surface area contributed by atoms with E-state index in [4.69, 9.17) is 21.1 Å². The first-order chi connectivity index (χ1) is 14.8. The number of amides is 1. The molecular weight excluding hydrogens is 440 g/mol. The van der Waals surface area contributed by atoms with Crippen molar-refractivity contribution in [3.63, 3.8) is 0 Å². The minimum Gasteiger partial charge on any atom is -0.497 e. The number of aryl methyl sites for hydroxylation is 1. The van der Waals surface area contributed by atoms with Gasteiger partial charge in [-0.05, 0) is 73.2 Å². The molecule has 0 radical (unpaired) electrons. The van der Waals surface area contributed by atoms with Gasteiger partial charge in [0.2, 0.25) is 0 Å². The fraction of sp³-hybridized carbons (Fsp3) is 0.136. The Bertz CT molecular complexity index is 1180. The molecule has 0 atom stereocenters. The lowest BCUT2D eigenvalue weighted by Crippen LogP contribution is -2.20. The Morgan fingerprint density at radius 2 is 1.68 bits per heavy atom. The van der Waals surface area contributed by atoms with Crippen LogP contribution in [-0.4, -0.2) is 28.0 Å². The van der Waals surface area contributed by atoms with Gasteiger partial charge < -0.3 is 14.8 Å². The zero-order valence-corrected chi connectivity index (χ0v) is 18.5. The van der Waals surface area contributed by atoms with Crippen LogP contribution in [0.4, 0.5) is 11.4 Å². The van der Waals surface area contributed by atoms with Crippen LogP contribution in [0, 0.1) is 6.92 Å². The maximum absolute atomic E-state index is 12.7. The van der Waals surface area contributed by atoms with Crippen molar-refractivity contribution in [2.75, 3.05) is 23.8 Å². The van der Waals surface area contributed by atoms with Crippen molar-refractivity contribution in [1.82, 2.24) is 0 Å². The molecule has 3 rings (SSSR count). The molecule has 0 aliphatic heterocycles. The van der Waals surface area contributed by atoms with Crippen molar-refractivity contribution in [3.05, 3.63) is 77.3 Å². The molecule has 1 amide bonds. The highest BCUT2D eigenvalue weighted by Gasteiger charge is 2.15. The number of methoxy groups -OCH3 is 1. The third kappa shape index (κ3) is 6.13. The molecule has 2 N–H and O–H groups in total. The number of carbonyl (C=O) groups is 1. The van der Waals surface area contributed by atoms with Gasteiger partial charge in [-0.1, -0.05) is 17.7 Å². The van der Waals surface area contributed by atoms with Crippen LogP contribution in [0.5, 0.6) is 11.5 Å². The van der Waals surface area contributed by atoms with Gasteiger partial charge in [-0.15, -0.1) is 0 Å². The van der Waals surface area contributed by atoms with E-state index in [0.717, 1.165) is 5.56 Å². The Morgan fingerprint density at radius 1 is 0.968 bits per heavy atom. The lowest BCUT2D eigenvalue weighted by atomic mass is 10.2. The summed E-state index contributed by atoms with van der Waals surface area (Å²) in [6.07, 6.45) is 0. The standard InChI is InChI=1S/C22H21ClN2O5S/c1-15-12-19(10-11-21(15)23)30-14-22(26)24-17-4-3-5-20(13-17)31(27,28)25-16-6-8-18(29-2)9-7-16/h3-13,25H,14H2,1-2H3,(H,24,26). The third-order valence-electron chi connectivity index (χ3n) is 4.27. The highest BCUT2D eigenvalue weighted by Crippen LogP contribution is 2.22. The van der Waals surface area contributed by atoms with Gasteiger partial charge in [0.25, 0.3) is 15.9 Å². The summed E-state index contributed by atoms with van der Waals surface area (Å²) in [5, 5.41) is 3.24. The molecule has 0 spiro atoms. The lowest BCUT2D eigenvalue weighted by Gasteiger charge is -2.11. The van der Waals surface area contributed by atoms with Crippen molar-refractivity contribution in [1.29, 1.82) is 0 Å². The van der Waals surface area contributed by atoms with E-state index in [9.17, 15) is 13.2 Å². The second-order valence-electron chi connectivity index (χ2n) is 6.61. The fourth-order valence-corrected chi connectivity index (χ4v) is 3.89. The molecule has 3 aromatic rings. The summed E-state index contributed by atoms with van der Waals surface area (Å²) in [4.78, 5) is 12.2. The zero-order valence-electron chi connectivity index (χ0n) is 16.9. The predicted molar refractivity (Wildman–Crippen MR) is 121 cm³/mol. The highest BCUT2D eigenvalue weighted by atomic mass is 35.5. The topological polar surface area (TPSA) is 93.7 Å². The monoisotopic (exact) mass is 460 g/mol. The molecule has 31 heavy (non-hydrogen) atoms. The predicted octanol–water partition coefficient (Wildman–Crippen LogP) is 4.48. The van der Waals surface area contributed by atoms with E-state index in [-0.39, 0.29) is 11.5 Å². The number of hydrogen-bond acceptors (Lipinski definition) is 5. The molecular formula is C22H21ClN2O5S. The average molecular weight is 461 g/mol. The van der Waals surface area contributed by atoms with Crippen molar-refractivity contribution in [2.45, 2.75) is 11.8 Å². The van der Waals surface area contributed by atoms with E-state index in [1.807, 2.05) is 6.92 Å². The molecule has 3 aromatic carbocycles. The number of halogens is 1. The number of carbonyl (C=O) groups excluding carboxylic acids is 1. The molecule has 7 nitrogen and oxygen atoms in total. The Hall–Kier alpha value is -3.23. The summed E-state index contributed by atoms with van der Waals surface area (Å²) in [5.41, 5.74) is 1.56. The quantitative estimate of drug-likeness (QED) is 0.517. The lowest BCUT2D eigenvalue weighted by molar-refractivity contribution is -0.118. The molecule has 162 valence electrons. The summed E-state index contributed by atoms with van der Waals surface area (Å²) >= 11 is 5.97. The smallest absolute Gasteiger partial charge is 0.262 e. The van der Waals surface area contributed by atoms with Gasteiger partial charge in [0.1, 0.15) is 11.5 Å². The largest absolute Gasteiger partial charge is 0.497 e. The highest BCUT2D eigenvalue weighted by molar-refractivity contribution is 7.92. The van der Waals surface area contributed by atoms with E-state index >= 15 is 0 Å². The molecule has 0 aliphatic rings. The minimum atomic E-state index is -3.84. The number of ether oxygens (including phenoxy) is 2. The maximum Gasteiger partial charge on any atom is 0.262 e. The number of hydrogen-bond donors (Lipinski definition) is 2. The minimum absolute atomic E-state index is 0.00959. The zero-order chi connectivity index (χ0) is 22.4. The van der Waals surface area contributed by atoms with E-state index < -0.39 is 15.9 Å². The van der Waals surface area contributed by atoms with Gasteiger partial charge in [0.15, 0.2) is 6.61 Å². The number of anilines is 2. The van der Waals surface area contributed by atoms with Gasteiger partial charge in [0.05, 0.1) is 12.0 Å². The van der Waals surface area contributed by atoms with E-state index in [2.05, 4.69) is 10.0 Å². The van der Waals surface area contributed by atoms with Gasteiger partial charge in [-0.25, -0.2) is 8.42 Å². The molecule has 9 heteroatoms. The average Bonchev–Trinajstić information content (AvgIpc) is 2.75. The SMILES string of the molecule is COc1ccc(NS(=O)(=O)c2cccc(NC(=O)COc3ccc(Cl)c(C)c3)c2)cc1. The van der Waals surface area contributed by atoms with Crippen molar-refractivity contribution in [2.24, 2.45) is 0 Å². The van der Waals surface area contributed by atoms with Crippen LogP contribution in [0.25, 0.3) is 0 Å². The summed E-state index contributed by atoms with van der Waals surface area (Å²) < 4.78 is 38.4. The fourth-order valence-electron chi connectivity index (χ4n) is 2.67. The third-order valence-corrected chi connectivity index (χ3v) is 6.07. The maximum atomic E-state index is 12.7. The van der Waals surface area contributed by atoms with Crippen molar-refractivity contribution < 1.29 is 22.7 Å². The first kappa shape index (κ1) is 22.5. The number of nitrogens with one attached hydrogen (secondary N) is 2. The molecule has 0 unspecified atom stereocenters. The van der Waals surface area contributed by atoms with Crippen LogP contribution in [0.1, 0.15) is 5.56 Å². The molecule has 0 saturated heterocycles. The first-order valence-corrected chi connectivity index (χ1v) is 11.1. The molecule has 0 fully saturated rings. The number of sulfonamides is 1. The number of benzene rings is 3. The second-order valence-corrected chi connectivity index (χ2v) is 8.70. The first-order valence-electron chi connectivity index (χ1n) is 9.22. The van der Waals surface area contributed by atoms with E-state index in [1.54, 1.807) is 54.6 Å². The van der Waals surface area contributed by atoms with Crippen molar-refractivity contribution in [3.8, 4) is 11.5 Å². The van der Waals surface area contributed by atoms with Crippen LogP contribution < -0.4 is 19.5 Å². The van der Waals surface area contributed by atoms with Crippen LogP contribution >= 0.6 is 11.6 Å². The second kappa shape index (κ2) is 9.72.